The van der Waals surface area contributed by atoms with Gasteiger partial charge in [-0.3, -0.25) is 38.5 Å². The van der Waals surface area contributed by atoms with Crippen LogP contribution in [0.1, 0.15) is 137 Å². The Bertz CT molecular complexity index is 5230. The van der Waals surface area contributed by atoms with E-state index in [0.717, 1.165) is 47.0 Å². The van der Waals surface area contributed by atoms with Crippen molar-refractivity contribution in [3.63, 3.8) is 0 Å². The Kier molecular flexibility index (Phi) is 28.0. The summed E-state index contributed by atoms with van der Waals surface area (Å²) in [4.78, 5) is 124. The number of nitrogens with one attached hydrogen (secondary N) is 7. The summed E-state index contributed by atoms with van der Waals surface area (Å²) in [6, 6.07) is 17.7. The first kappa shape index (κ1) is 92.5. The van der Waals surface area contributed by atoms with Gasteiger partial charge in [0.2, 0.25) is 53.4 Å². The number of nitrogens with two attached hydrogens (primary N) is 3. The minimum Gasteiger partial charge on any atom is -0.507 e. The molecule has 10 unspecified atom stereocenters. The number of carbonyl (C=O) groups is 8. The summed E-state index contributed by atoms with van der Waals surface area (Å²) in [7, 11) is 3.12. The van der Waals surface area contributed by atoms with Crippen LogP contribution in [-0.4, -0.2) is 227 Å². The smallest absolute Gasteiger partial charge is 0.330 e. The maximum Gasteiger partial charge on any atom is 0.330 e. The third-order valence-corrected chi connectivity index (χ3v) is 23.6. The molecule has 126 heavy (non-hydrogen) atoms. The SMILES string of the molecule is CNC(CC(C)C)C(=O)NC1C(=O)NC(CC(N)=O)C(=O)NC2C(=O)NC3C(=O)NC(C(=O)NC(C(=O)O)c4cc(O)c(CN(C)Cc5ccc(-c6ccccc6)cc5)c(O)c4-c4c(O)cccc43)C(O[C@@H]3CC(C)(N)[C@H](O)[C@@H](C)O3)c3ccc(cc3)Oc3cc2cc(c3O[C@@H]2O[C@H](CO)[C@@H](O)[C@H](O)[C@H]2O[C@H]2C[C@](C)(N)[C@H](O)[C@H](C)O2)Oc2ccc(cc2Cl)C1O. The van der Waals surface area contributed by atoms with Crippen LogP contribution in [0.3, 0.4) is 0 Å². The summed E-state index contributed by atoms with van der Waals surface area (Å²) in [5, 5.41) is 137. The van der Waals surface area contributed by atoms with E-state index in [0.29, 0.717) is 0 Å². The van der Waals surface area contributed by atoms with Gasteiger partial charge in [-0.25, -0.2) is 4.79 Å². The van der Waals surface area contributed by atoms with Crippen LogP contribution in [0.2, 0.25) is 5.02 Å². The lowest BCUT2D eigenvalue weighted by atomic mass is 9.85. The third kappa shape index (κ3) is 20.0. The predicted octanol–water partition coefficient (Wildman–Crippen LogP) is 2.99. The molecule has 0 saturated carbocycles. The number of benzene rings is 7. The number of carboxylic acids is 1. The number of aromatic hydroxyl groups is 3. The van der Waals surface area contributed by atoms with Crippen LogP contribution in [0.4, 0.5) is 0 Å². The molecule has 674 valence electrons. The second-order valence-electron chi connectivity index (χ2n) is 33.6. The van der Waals surface area contributed by atoms with E-state index in [1.165, 1.54) is 83.3 Å². The number of aliphatic hydroxyl groups is 6. The van der Waals surface area contributed by atoms with Gasteiger partial charge in [0.15, 0.2) is 36.2 Å². The molecule has 7 aromatic rings. The fourth-order valence-corrected chi connectivity index (χ4v) is 16.8. The maximum atomic E-state index is 16.9. The van der Waals surface area contributed by atoms with E-state index in [4.69, 9.17) is 66.7 Å². The Morgan fingerprint density at radius 3 is 1.87 bits per heavy atom. The van der Waals surface area contributed by atoms with Crippen LogP contribution in [0.15, 0.2) is 133 Å². The lowest BCUT2D eigenvalue weighted by Gasteiger charge is -2.47. The lowest BCUT2D eigenvalue weighted by molar-refractivity contribution is -0.333. The Hall–Kier alpha value is -11.2. The average Bonchev–Trinajstić information content (AvgIpc) is 0.935. The van der Waals surface area contributed by atoms with Crippen molar-refractivity contribution in [1.29, 1.82) is 0 Å². The number of carbonyl (C=O) groups excluding carboxylic acids is 7. The van der Waals surface area contributed by atoms with Crippen molar-refractivity contribution < 1.29 is 127 Å². The number of nitrogens with zero attached hydrogens (tertiary/aromatic N) is 1. The minimum atomic E-state index is -2.43. The predicted molar refractivity (Wildman–Crippen MR) is 448 cm³/mol. The zero-order valence-electron chi connectivity index (χ0n) is 69.8. The first-order valence-electron chi connectivity index (χ1n) is 40.9. The monoisotopic (exact) mass is 1770 g/mol. The van der Waals surface area contributed by atoms with Gasteiger partial charge in [-0.05, 0) is 142 Å². The van der Waals surface area contributed by atoms with Crippen LogP contribution in [0.25, 0.3) is 22.3 Å². The number of phenolic OH excluding ortho intramolecular Hbond substituents is 3. The number of halogens is 1. The number of carboxylic acid groups (broad SMARTS) is 1. The molecule has 0 spiro atoms. The van der Waals surface area contributed by atoms with E-state index in [-0.39, 0.29) is 71.5 Å². The fraction of sp³-hybridized carbons (Fsp3) is 0.432. The lowest BCUT2D eigenvalue weighted by Crippen LogP contribution is -2.64. The van der Waals surface area contributed by atoms with Crippen LogP contribution in [0.5, 0.6) is 46.0 Å². The average molecular weight is 1770 g/mol. The molecule has 7 aromatic carbocycles. The summed E-state index contributed by atoms with van der Waals surface area (Å²) in [6.45, 7) is 8.48. The first-order chi connectivity index (χ1) is 59.7. The molecule has 7 amide bonds. The number of fused-ring (bicyclic) bond motifs is 14. The number of amides is 7. The van der Waals surface area contributed by atoms with Gasteiger partial charge in [-0.1, -0.05) is 110 Å². The van der Waals surface area contributed by atoms with E-state index in [1.807, 2.05) is 68.4 Å². The Morgan fingerprint density at radius 2 is 1.26 bits per heavy atom. The number of aliphatic hydroxyl groups excluding tert-OH is 6. The molecule has 15 rings (SSSR count). The molecule has 0 aromatic heterocycles. The molecule has 8 aliphatic heterocycles. The van der Waals surface area contributed by atoms with Crippen molar-refractivity contribution in [2.75, 3.05) is 20.7 Å². The molecule has 3 fully saturated rings. The van der Waals surface area contributed by atoms with E-state index in [1.54, 1.807) is 11.9 Å². The molecule has 38 heteroatoms. The van der Waals surface area contributed by atoms with E-state index in [2.05, 4.69) is 37.2 Å². The fourth-order valence-electron chi connectivity index (χ4n) is 16.6. The van der Waals surface area contributed by atoms with Gasteiger partial charge >= 0.3 is 5.97 Å². The molecule has 8 aliphatic rings. The van der Waals surface area contributed by atoms with E-state index >= 15 is 24.0 Å². The minimum absolute atomic E-state index is 0.0560. The second kappa shape index (κ2) is 38.2. The van der Waals surface area contributed by atoms with Crippen LogP contribution < -0.4 is 68.6 Å². The van der Waals surface area contributed by atoms with Gasteiger partial charge in [0.1, 0.15) is 89.5 Å². The van der Waals surface area contributed by atoms with E-state index in [9.17, 15) is 65.4 Å². The summed E-state index contributed by atoms with van der Waals surface area (Å²) < 4.78 is 52.3. The second-order valence-corrected chi connectivity index (χ2v) is 34.0. The number of aliphatic carboxylic acids is 1. The van der Waals surface area contributed by atoms with Crippen molar-refractivity contribution in [2.24, 2.45) is 23.1 Å². The third-order valence-electron chi connectivity index (χ3n) is 23.3. The maximum absolute atomic E-state index is 16.9. The highest BCUT2D eigenvalue weighted by Crippen LogP contribution is 2.52. The largest absolute Gasteiger partial charge is 0.507 e. The van der Waals surface area contributed by atoms with Gasteiger partial charge in [-0.15, -0.1) is 0 Å². The molecule has 0 radical (unpaired) electrons. The number of likely N-dealkylation sites (N-methyl/N-ethyl adjacent to an activating group) is 1. The van der Waals surface area contributed by atoms with Crippen LogP contribution in [0, 0.1) is 5.92 Å². The molecular weight excluding hydrogens is 1660 g/mol. The van der Waals surface area contributed by atoms with Crippen molar-refractivity contribution in [2.45, 2.75) is 214 Å². The highest BCUT2D eigenvalue weighted by Gasteiger charge is 2.53. The van der Waals surface area contributed by atoms with Crippen molar-refractivity contribution >= 4 is 58.9 Å². The van der Waals surface area contributed by atoms with Gasteiger partial charge < -0.3 is 143 Å². The van der Waals surface area contributed by atoms with Crippen molar-refractivity contribution in [3.8, 4) is 68.2 Å². The van der Waals surface area contributed by atoms with Crippen LogP contribution in [-0.2, 0) is 75.1 Å². The quantitative estimate of drug-likeness (QED) is 0.0521. The van der Waals surface area contributed by atoms with E-state index < -0.39 is 256 Å². The topological polar surface area (TPSA) is 578 Å². The number of hydrogen-bond donors (Lipinski definition) is 20. The summed E-state index contributed by atoms with van der Waals surface area (Å²) >= 11 is 7.22. The number of phenols is 3. The molecule has 8 heterocycles. The normalized spacial score (nSPS) is 29.6. The molecule has 37 nitrogen and oxygen atoms in total. The summed E-state index contributed by atoms with van der Waals surface area (Å²) in [6.07, 6.45) is -22.7. The number of ether oxygens (including phenoxy) is 8. The van der Waals surface area contributed by atoms with Crippen LogP contribution >= 0.6 is 11.6 Å². The van der Waals surface area contributed by atoms with Gasteiger partial charge in [0, 0.05) is 53.7 Å². The first-order valence-corrected chi connectivity index (χ1v) is 41.3. The molecule has 0 aliphatic carbocycles. The molecule has 9 bridgehead atoms. The van der Waals surface area contributed by atoms with Gasteiger partial charge in [0.05, 0.1) is 54.1 Å². The number of hydrogen-bond acceptors (Lipinski definition) is 29. The van der Waals surface area contributed by atoms with Gasteiger partial charge in [0.25, 0.3) is 0 Å². The Labute approximate surface area is 728 Å². The number of primary amides is 1. The summed E-state index contributed by atoms with van der Waals surface area (Å²) in [5.41, 5.74) is 15.5. The van der Waals surface area contributed by atoms with Gasteiger partial charge in [-0.2, -0.15) is 0 Å². The summed E-state index contributed by atoms with van der Waals surface area (Å²) in [5.74, 6) is -16.0. The van der Waals surface area contributed by atoms with Crippen molar-refractivity contribution in [3.05, 3.63) is 177 Å². The van der Waals surface area contributed by atoms with Crippen molar-refractivity contribution in [1.82, 2.24) is 42.1 Å². The highest BCUT2D eigenvalue weighted by atomic mass is 35.5. The standard InChI is InChI=1S/C88H104ClN11O26/c1-38(2)27-52(93-7)79(111)98-68-70(105)45-23-26-56(51(89)28-45)122-58-30-46-29-57(75(58)126-86-76(73(108)72(107)59(37-101)123-86)125-62-34-88(6,92)78(110)40(4)120-62)121-47-24-21-44(22-25-47)74(124-61-33-87(5,91)77(109)39(3)119-61)69-84(116)97-67(85(117)118)49-31-55(103)50(36-100(8)35-41-17-19-43(20-18-41)42-13-10-9-11-14-42)71(106)64(49)63-48(15-12-16-54(63)102)66(82(114)99-69)96-81(113)65(46)95-80(112)53(32-60(90)104)94-83(68)115/h9-26,28-31,38-40,52-53,59,61-62,65-70,72-74,76-78,86,93,101-103,105-110H,27,32-37,91-92H2,1-8H3,(H2,90,104)(H,94,115)(H,95,112)(H,96,113)(H,97,116)(H,98,111)(H,99,114)(H,117,118)/t39-,40+,52?,53?,59-,61-,62+,65?,66?,67?,68?,69?,70?,72-,73+,74?,76-,77-,78-,86+,87?,88+/m1/s1. The Balaban J connectivity index is 1.05. The molecule has 22 atom stereocenters. The highest BCUT2D eigenvalue weighted by molar-refractivity contribution is 6.32. The Morgan fingerprint density at radius 1 is 0.643 bits per heavy atom. The molecule has 23 N–H and O–H groups in total. The zero-order chi connectivity index (χ0) is 91.0. The molecule has 3 saturated heterocycles. The molecular formula is C88H104ClN11O26. The zero-order valence-corrected chi connectivity index (χ0v) is 70.6. The number of rotatable bonds is 20.